The van der Waals surface area contributed by atoms with E-state index in [9.17, 15) is 9.59 Å². The van der Waals surface area contributed by atoms with Crippen LogP contribution in [0.3, 0.4) is 0 Å². The summed E-state index contributed by atoms with van der Waals surface area (Å²) in [7, 11) is 0. The molecule has 1 aromatic heterocycles. The first kappa shape index (κ1) is 20.3. The molecular formula is C21H24ClN3O3S. The van der Waals surface area contributed by atoms with Crippen LogP contribution in [-0.4, -0.2) is 66.0 Å². The minimum atomic E-state index is -0.111. The van der Waals surface area contributed by atoms with Crippen LogP contribution in [0.1, 0.15) is 18.5 Å². The smallest absolute Gasteiger partial charge is 0.228 e. The van der Waals surface area contributed by atoms with Crippen LogP contribution >= 0.6 is 22.9 Å². The van der Waals surface area contributed by atoms with E-state index in [0.717, 1.165) is 29.1 Å². The molecule has 4 rings (SSSR count). The molecule has 1 aromatic carbocycles. The third kappa shape index (κ3) is 4.79. The molecule has 0 aliphatic carbocycles. The van der Waals surface area contributed by atoms with E-state index in [2.05, 4.69) is 4.98 Å². The number of halogens is 1. The van der Waals surface area contributed by atoms with Crippen molar-refractivity contribution in [2.75, 3.05) is 39.4 Å². The van der Waals surface area contributed by atoms with Gasteiger partial charge in [-0.1, -0.05) is 29.8 Å². The number of amides is 2. The van der Waals surface area contributed by atoms with Crippen LogP contribution in [0.4, 0.5) is 0 Å². The van der Waals surface area contributed by atoms with Crippen molar-refractivity contribution >= 4 is 34.8 Å². The van der Waals surface area contributed by atoms with Crippen molar-refractivity contribution in [3.05, 3.63) is 40.4 Å². The van der Waals surface area contributed by atoms with E-state index in [1.807, 2.05) is 39.4 Å². The summed E-state index contributed by atoms with van der Waals surface area (Å²) in [5.74, 6) is 0.0703. The van der Waals surface area contributed by atoms with Crippen LogP contribution in [-0.2, 0) is 20.7 Å². The summed E-state index contributed by atoms with van der Waals surface area (Å²) in [6.07, 6.45) is 1.95. The number of hydrogen-bond acceptors (Lipinski definition) is 5. The fraction of sp³-hybridized carbons (Fsp3) is 0.476. The Morgan fingerprint density at radius 3 is 2.76 bits per heavy atom. The van der Waals surface area contributed by atoms with E-state index >= 15 is 0 Å². The minimum Gasteiger partial charge on any atom is -0.378 e. The number of carbonyl (C=O) groups is 2. The van der Waals surface area contributed by atoms with E-state index in [0.29, 0.717) is 44.4 Å². The van der Waals surface area contributed by atoms with Crippen molar-refractivity contribution in [1.29, 1.82) is 0 Å². The van der Waals surface area contributed by atoms with Crippen molar-refractivity contribution in [1.82, 2.24) is 14.8 Å². The number of piperidine rings is 1. The molecule has 3 heterocycles. The fourth-order valence-electron chi connectivity index (χ4n) is 3.86. The quantitative estimate of drug-likeness (QED) is 0.743. The Labute approximate surface area is 179 Å². The first-order valence-corrected chi connectivity index (χ1v) is 11.2. The van der Waals surface area contributed by atoms with Crippen LogP contribution in [0, 0.1) is 5.92 Å². The SMILES string of the molecule is O=C(Cc1csc(-c2ccccc2Cl)n1)N1CCCC(C(=O)N2CCOCC2)C1. The second-order valence-corrected chi connectivity index (χ2v) is 8.68. The number of ether oxygens (including phenoxy) is 1. The highest BCUT2D eigenvalue weighted by atomic mass is 35.5. The summed E-state index contributed by atoms with van der Waals surface area (Å²) in [5, 5.41) is 3.38. The normalized spacial score (nSPS) is 20.0. The predicted molar refractivity (Wildman–Crippen MR) is 113 cm³/mol. The zero-order chi connectivity index (χ0) is 20.2. The van der Waals surface area contributed by atoms with Gasteiger partial charge in [-0.3, -0.25) is 9.59 Å². The molecule has 0 bridgehead atoms. The maximum Gasteiger partial charge on any atom is 0.228 e. The molecule has 2 amide bonds. The molecule has 2 aliphatic rings. The van der Waals surface area contributed by atoms with Gasteiger partial charge in [0.1, 0.15) is 5.01 Å². The fourth-order valence-corrected chi connectivity index (χ4v) is 5.00. The maximum atomic E-state index is 12.8. The molecule has 8 heteroatoms. The number of benzene rings is 1. The van der Waals surface area contributed by atoms with Gasteiger partial charge in [-0.15, -0.1) is 11.3 Å². The van der Waals surface area contributed by atoms with E-state index in [4.69, 9.17) is 16.3 Å². The van der Waals surface area contributed by atoms with Crippen molar-refractivity contribution in [3.63, 3.8) is 0 Å². The van der Waals surface area contributed by atoms with E-state index < -0.39 is 0 Å². The lowest BCUT2D eigenvalue weighted by Gasteiger charge is -2.36. The van der Waals surface area contributed by atoms with Crippen molar-refractivity contribution < 1.29 is 14.3 Å². The lowest BCUT2D eigenvalue weighted by molar-refractivity contribution is -0.143. The molecule has 2 aromatic rings. The number of hydrogen-bond donors (Lipinski definition) is 0. The third-order valence-electron chi connectivity index (χ3n) is 5.43. The largest absolute Gasteiger partial charge is 0.378 e. The number of rotatable bonds is 4. The third-order valence-corrected chi connectivity index (χ3v) is 6.69. The van der Waals surface area contributed by atoms with E-state index in [1.54, 1.807) is 0 Å². The van der Waals surface area contributed by atoms with E-state index in [-0.39, 0.29) is 24.2 Å². The molecule has 0 radical (unpaired) electrons. The summed E-state index contributed by atoms with van der Waals surface area (Å²) in [4.78, 5) is 33.9. The number of morpholine rings is 1. The lowest BCUT2D eigenvalue weighted by atomic mass is 9.96. The monoisotopic (exact) mass is 433 g/mol. The number of carbonyl (C=O) groups excluding carboxylic acids is 2. The molecule has 0 N–H and O–H groups in total. The Hall–Kier alpha value is -1.96. The average Bonchev–Trinajstić information content (AvgIpc) is 3.22. The highest BCUT2D eigenvalue weighted by Crippen LogP contribution is 2.30. The summed E-state index contributed by atoms with van der Waals surface area (Å²) in [5.41, 5.74) is 1.63. The average molecular weight is 434 g/mol. The van der Waals surface area contributed by atoms with Crippen molar-refractivity contribution in [3.8, 4) is 10.6 Å². The van der Waals surface area contributed by atoms with Gasteiger partial charge in [0.05, 0.1) is 36.3 Å². The number of aromatic nitrogens is 1. The van der Waals surface area contributed by atoms with Gasteiger partial charge >= 0.3 is 0 Å². The van der Waals surface area contributed by atoms with Gasteiger partial charge in [0.15, 0.2) is 0 Å². The Morgan fingerprint density at radius 2 is 1.97 bits per heavy atom. The Morgan fingerprint density at radius 1 is 1.17 bits per heavy atom. The van der Waals surface area contributed by atoms with Crippen molar-refractivity contribution in [2.45, 2.75) is 19.3 Å². The van der Waals surface area contributed by atoms with Crippen molar-refractivity contribution in [2.24, 2.45) is 5.92 Å². The topological polar surface area (TPSA) is 62.7 Å². The molecule has 1 atom stereocenters. The molecule has 154 valence electrons. The Kier molecular flexibility index (Phi) is 6.47. The zero-order valence-electron chi connectivity index (χ0n) is 16.2. The summed E-state index contributed by atoms with van der Waals surface area (Å²) < 4.78 is 5.33. The Bertz CT molecular complexity index is 882. The maximum absolute atomic E-state index is 12.8. The summed E-state index contributed by atoms with van der Waals surface area (Å²) in [6, 6.07) is 7.57. The molecule has 0 saturated carbocycles. The molecule has 2 aliphatic heterocycles. The molecule has 2 saturated heterocycles. The number of likely N-dealkylation sites (tertiary alicyclic amines) is 1. The summed E-state index contributed by atoms with van der Waals surface area (Å²) in [6.45, 7) is 3.68. The minimum absolute atomic E-state index is 0.0282. The predicted octanol–water partition coefficient (Wildman–Crippen LogP) is 3.10. The highest BCUT2D eigenvalue weighted by Gasteiger charge is 2.32. The van der Waals surface area contributed by atoms with Gasteiger partial charge < -0.3 is 14.5 Å². The zero-order valence-corrected chi connectivity index (χ0v) is 17.8. The second kappa shape index (κ2) is 9.24. The number of thiazole rings is 1. The van der Waals surface area contributed by atoms with Crippen LogP contribution in [0.15, 0.2) is 29.6 Å². The first-order chi connectivity index (χ1) is 14.1. The molecule has 6 nitrogen and oxygen atoms in total. The molecule has 1 unspecified atom stereocenters. The lowest BCUT2D eigenvalue weighted by Crippen LogP contribution is -2.49. The van der Waals surface area contributed by atoms with Crippen LogP contribution in [0.5, 0.6) is 0 Å². The second-order valence-electron chi connectivity index (χ2n) is 7.42. The van der Waals surface area contributed by atoms with Gasteiger partial charge in [-0.2, -0.15) is 0 Å². The van der Waals surface area contributed by atoms with Crippen LogP contribution in [0.2, 0.25) is 5.02 Å². The van der Waals surface area contributed by atoms with Crippen LogP contribution in [0.25, 0.3) is 10.6 Å². The van der Waals surface area contributed by atoms with Gasteiger partial charge in [0.25, 0.3) is 0 Å². The number of nitrogens with zero attached hydrogens (tertiary/aromatic N) is 3. The molecule has 0 spiro atoms. The van der Waals surface area contributed by atoms with Gasteiger partial charge in [-0.25, -0.2) is 4.98 Å². The molecular weight excluding hydrogens is 410 g/mol. The van der Waals surface area contributed by atoms with Crippen LogP contribution < -0.4 is 0 Å². The van der Waals surface area contributed by atoms with Gasteiger partial charge in [0.2, 0.25) is 11.8 Å². The molecule has 29 heavy (non-hydrogen) atoms. The summed E-state index contributed by atoms with van der Waals surface area (Å²) >= 11 is 7.74. The van der Waals surface area contributed by atoms with E-state index in [1.165, 1.54) is 11.3 Å². The standard InChI is InChI=1S/C21H24ClN3O3S/c22-18-6-2-1-5-17(18)20-23-16(14-29-20)12-19(26)25-7-3-4-15(13-25)21(27)24-8-10-28-11-9-24/h1-2,5-6,14-15H,3-4,7-13H2. The first-order valence-electron chi connectivity index (χ1n) is 9.95. The van der Waals surface area contributed by atoms with Gasteiger partial charge in [0, 0.05) is 37.1 Å². The highest BCUT2D eigenvalue weighted by molar-refractivity contribution is 7.13. The Balaban J connectivity index is 1.37. The van der Waals surface area contributed by atoms with Gasteiger partial charge in [-0.05, 0) is 18.9 Å². The molecule has 2 fully saturated rings.